The first-order valence-electron chi connectivity index (χ1n) is 11.2. The predicted molar refractivity (Wildman–Crippen MR) is 135 cm³/mol. The quantitative estimate of drug-likeness (QED) is 0.459. The number of nitrogens with one attached hydrogen (secondary N) is 1. The molecule has 0 saturated carbocycles. The Morgan fingerprint density at radius 2 is 2.06 bits per heavy atom. The van der Waals surface area contributed by atoms with Gasteiger partial charge in [-0.2, -0.15) is 4.31 Å². The van der Waals surface area contributed by atoms with Crippen LogP contribution in [-0.2, 0) is 14.8 Å². The first kappa shape index (κ1) is 25.9. The topological polar surface area (TPSA) is 102 Å². The highest BCUT2D eigenvalue weighted by molar-refractivity contribution is 7.89. The molecule has 3 aromatic rings. The number of sulfonamides is 1. The van der Waals surface area contributed by atoms with Crippen LogP contribution in [0.1, 0.15) is 29.9 Å². The zero-order valence-electron chi connectivity index (χ0n) is 19.7. The fourth-order valence-electron chi connectivity index (χ4n) is 4.07. The molecule has 0 spiro atoms. The van der Waals surface area contributed by atoms with Crippen molar-refractivity contribution in [3.63, 3.8) is 0 Å². The minimum Gasteiger partial charge on any atom is -0.495 e. The van der Waals surface area contributed by atoms with Crippen LogP contribution in [-0.4, -0.2) is 44.0 Å². The number of aromatic nitrogens is 1. The van der Waals surface area contributed by atoms with Gasteiger partial charge in [0.05, 0.1) is 18.1 Å². The van der Waals surface area contributed by atoms with Gasteiger partial charge in [0, 0.05) is 24.3 Å². The van der Waals surface area contributed by atoms with Gasteiger partial charge >= 0.3 is 0 Å². The highest BCUT2D eigenvalue weighted by atomic mass is 35.5. The molecule has 1 aliphatic rings. The van der Waals surface area contributed by atoms with E-state index < -0.39 is 21.8 Å². The molecule has 36 heavy (non-hydrogen) atoms. The molecule has 1 amide bonds. The molecule has 8 nitrogen and oxygen atoms in total. The second kappa shape index (κ2) is 10.8. The number of piperidine rings is 1. The predicted octanol–water partition coefficient (Wildman–Crippen LogP) is 4.99. The van der Waals surface area contributed by atoms with Gasteiger partial charge in [0.2, 0.25) is 15.9 Å². The Balaban J connectivity index is 1.52. The standard InChI is InChI=1S/C25H25ClFN3O5S/c1-16-24(23(35-29-16)11-9-17-6-3-4-8-21(17)27)36(32,33)30-13-5-7-18(15-30)25(31)28-19-10-12-22(34-2)20(26)14-19/h3-4,6,8-12,14,18H,5,7,13,15H2,1-2H3,(H,28,31)/b11-9+/t18-/m1/s1. The molecular weight excluding hydrogens is 509 g/mol. The summed E-state index contributed by atoms with van der Waals surface area (Å²) in [6.45, 7) is 1.78. The molecule has 0 radical (unpaired) electrons. The summed E-state index contributed by atoms with van der Waals surface area (Å²) in [4.78, 5) is 12.8. The van der Waals surface area contributed by atoms with E-state index >= 15 is 0 Å². The van der Waals surface area contributed by atoms with Crippen molar-refractivity contribution in [3.8, 4) is 5.75 Å². The Morgan fingerprint density at radius 1 is 1.28 bits per heavy atom. The Hall–Kier alpha value is -3.21. The number of benzene rings is 2. The van der Waals surface area contributed by atoms with Crippen LogP contribution in [0.3, 0.4) is 0 Å². The number of methoxy groups -OCH3 is 1. The molecule has 1 fully saturated rings. The second-order valence-corrected chi connectivity index (χ2v) is 10.6. The van der Waals surface area contributed by atoms with E-state index in [1.165, 1.54) is 36.6 Å². The van der Waals surface area contributed by atoms with Crippen LogP contribution in [0.15, 0.2) is 51.9 Å². The van der Waals surface area contributed by atoms with Gasteiger partial charge in [-0.25, -0.2) is 12.8 Å². The summed E-state index contributed by atoms with van der Waals surface area (Å²) in [7, 11) is -2.54. The average Bonchev–Trinajstić information content (AvgIpc) is 3.24. The number of halogens is 2. The monoisotopic (exact) mass is 533 g/mol. The van der Waals surface area contributed by atoms with E-state index in [1.807, 2.05) is 0 Å². The molecule has 1 saturated heterocycles. The maximum atomic E-state index is 14.0. The summed E-state index contributed by atoms with van der Waals surface area (Å²) < 4.78 is 52.7. The van der Waals surface area contributed by atoms with Gasteiger partial charge in [0.15, 0.2) is 10.7 Å². The Bertz CT molecular complexity index is 1410. The van der Waals surface area contributed by atoms with Crippen LogP contribution in [0.25, 0.3) is 12.2 Å². The third-order valence-electron chi connectivity index (χ3n) is 5.92. The summed E-state index contributed by atoms with van der Waals surface area (Å²) >= 11 is 6.14. The summed E-state index contributed by atoms with van der Waals surface area (Å²) in [6.07, 6.45) is 3.85. The lowest BCUT2D eigenvalue weighted by atomic mass is 9.98. The van der Waals surface area contributed by atoms with Crippen LogP contribution in [0.2, 0.25) is 5.02 Å². The van der Waals surface area contributed by atoms with Crippen molar-refractivity contribution in [3.05, 3.63) is 70.3 Å². The highest BCUT2D eigenvalue weighted by Crippen LogP contribution is 2.31. The number of hydrogen-bond donors (Lipinski definition) is 1. The zero-order valence-corrected chi connectivity index (χ0v) is 21.3. The van der Waals surface area contributed by atoms with E-state index in [-0.39, 0.29) is 40.9 Å². The Kier molecular flexibility index (Phi) is 7.77. The molecule has 190 valence electrons. The van der Waals surface area contributed by atoms with E-state index in [9.17, 15) is 17.6 Å². The molecule has 0 aliphatic carbocycles. The van der Waals surface area contributed by atoms with Crippen LogP contribution < -0.4 is 10.1 Å². The van der Waals surface area contributed by atoms with E-state index in [1.54, 1.807) is 36.4 Å². The van der Waals surface area contributed by atoms with Gasteiger partial charge in [-0.3, -0.25) is 4.79 Å². The van der Waals surface area contributed by atoms with E-state index in [2.05, 4.69) is 10.5 Å². The Morgan fingerprint density at radius 3 is 2.78 bits per heavy atom. The van der Waals surface area contributed by atoms with E-state index in [0.29, 0.717) is 29.3 Å². The number of hydrogen-bond acceptors (Lipinski definition) is 6. The van der Waals surface area contributed by atoms with Crippen molar-refractivity contribution < 1.29 is 26.9 Å². The molecule has 2 aromatic carbocycles. The van der Waals surface area contributed by atoms with Crippen molar-refractivity contribution in [1.29, 1.82) is 0 Å². The third kappa shape index (κ3) is 5.45. The molecule has 4 rings (SSSR count). The summed E-state index contributed by atoms with van der Waals surface area (Å²) in [5.74, 6) is -0.842. The normalized spacial score (nSPS) is 16.8. The molecule has 0 bridgehead atoms. The molecule has 2 heterocycles. The number of aryl methyl sites for hydroxylation is 1. The van der Waals surface area contributed by atoms with Gasteiger partial charge in [0.1, 0.15) is 17.3 Å². The van der Waals surface area contributed by atoms with Crippen LogP contribution in [0.4, 0.5) is 10.1 Å². The lowest BCUT2D eigenvalue weighted by Crippen LogP contribution is -2.43. The average molecular weight is 534 g/mol. The summed E-state index contributed by atoms with van der Waals surface area (Å²) in [5.41, 5.74) is 0.951. The number of carbonyl (C=O) groups is 1. The number of ether oxygens (including phenoxy) is 1. The van der Waals surface area contributed by atoms with Gasteiger partial charge in [-0.15, -0.1) is 0 Å². The minimum absolute atomic E-state index is 0.000852. The summed E-state index contributed by atoms with van der Waals surface area (Å²) in [6, 6.07) is 11.0. The Labute approximate surface area is 213 Å². The third-order valence-corrected chi connectivity index (χ3v) is 8.24. The smallest absolute Gasteiger partial charge is 0.248 e. The SMILES string of the molecule is COc1ccc(NC(=O)[C@@H]2CCCN(S(=O)(=O)c3c(C)noc3/C=C/c3ccccc3F)C2)cc1Cl. The highest BCUT2D eigenvalue weighted by Gasteiger charge is 2.37. The molecule has 1 aromatic heterocycles. The first-order chi connectivity index (χ1) is 17.2. The number of amides is 1. The van der Waals surface area contributed by atoms with Crippen molar-refractivity contribution >= 4 is 45.4 Å². The largest absolute Gasteiger partial charge is 0.495 e. The molecule has 1 N–H and O–H groups in total. The minimum atomic E-state index is -4.04. The van der Waals surface area contributed by atoms with Gasteiger partial charge < -0.3 is 14.6 Å². The van der Waals surface area contributed by atoms with Gasteiger partial charge in [-0.05, 0) is 56.2 Å². The fourth-order valence-corrected chi connectivity index (χ4v) is 6.10. The second-order valence-electron chi connectivity index (χ2n) is 8.36. The molecule has 11 heteroatoms. The maximum Gasteiger partial charge on any atom is 0.248 e. The van der Waals surface area contributed by atoms with Crippen LogP contribution in [0, 0.1) is 18.7 Å². The number of carbonyl (C=O) groups excluding carboxylic acids is 1. The number of nitrogens with zero attached hydrogens (tertiary/aromatic N) is 2. The van der Waals surface area contributed by atoms with Crippen molar-refractivity contribution in [2.45, 2.75) is 24.7 Å². The molecule has 0 unspecified atom stereocenters. The number of rotatable bonds is 7. The fraction of sp³-hybridized carbons (Fsp3) is 0.280. The van der Waals surface area contributed by atoms with E-state index in [0.717, 1.165) is 0 Å². The van der Waals surface area contributed by atoms with Crippen molar-refractivity contribution in [1.82, 2.24) is 9.46 Å². The first-order valence-corrected chi connectivity index (χ1v) is 13.1. The lowest BCUT2D eigenvalue weighted by Gasteiger charge is -2.31. The van der Waals surface area contributed by atoms with E-state index in [4.69, 9.17) is 20.9 Å². The molecular formula is C25H25ClFN3O5S. The maximum absolute atomic E-state index is 14.0. The zero-order chi connectivity index (χ0) is 25.9. The lowest BCUT2D eigenvalue weighted by molar-refractivity contribution is -0.120. The molecule has 1 aliphatic heterocycles. The van der Waals surface area contributed by atoms with Gasteiger partial charge in [-0.1, -0.05) is 35.0 Å². The number of anilines is 1. The molecule has 1 atom stereocenters. The van der Waals surface area contributed by atoms with Gasteiger partial charge in [0.25, 0.3) is 0 Å². The van der Waals surface area contributed by atoms with Crippen molar-refractivity contribution in [2.24, 2.45) is 5.92 Å². The van der Waals surface area contributed by atoms with Crippen molar-refractivity contribution in [2.75, 3.05) is 25.5 Å². The van der Waals surface area contributed by atoms with Crippen LogP contribution >= 0.6 is 11.6 Å². The van der Waals surface area contributed by atoms with Crippen LogP contribution in [0.5, 0.6) is 5.75 Å². The summed E-state index contributed by atoms with van der Waals surface area (Å²) in [5, 5.41) is 6.97.